The Morgan fingerprint density at radius 2 is 2.19 bits per heavy atom. The molecule has 2 rings (SSSR count). The topological polar surface area (TPSA) is 52.2 Å². The van der Waals surface area contributed by atoms with E-state index < -0.39 is 0 Å². The number of benzene rings is 1. The third kappa shape index (κ3) is 4.38. The number of guanidine groups is 1. The molecule has 0 unspecified atom stereocenters. The SMILES string of the molecule is C=CCNC(=NCCCc1c[nH]c2ccccc12)NCC. The molecule has 4 nitrogen and oxygen atoms in total. The van der Waals surface area contributed by atoms with Crippen molar-refractivity contribution in [3.05, 3.63) is 48.7 Å². The Kier molecular flexibility index (Phi) is 5.88. The zero-order valence-corrected chi connectivity index (χ0v) is 12.7. The third-order valence-electron chi connectivity index (χ3n) is 3.31. The molecule has 0 radical (unpaired) electrons. The summed E-state index contributed by atoms with van der Waals surface area (Å²) in [4.78, 5) is 7.88. The van der Waals surface area contributed by atoms with Gasteiger partial charge in [0.1, 0.15) is 0 Å². The number of para-hydroxylation sites is 1. The molecular weight excluding hydrogens is 260 g/mol. The van der Waals surface area contributed by atoms with Gasteiger partial charge < -0.3 is 15.6 Å². The molecular formula is C17H24N4. The summed E-state index contributed by atoms with van der Waals surface area (Å²) in [6, 6.07) is 8.42. The molecule has 0 aliphatic carbocycles. The Labute approximate surface area is 126 Å². The average Bonchev–Trinajstić information content (AvgIpc) is 2.92. The Hall–Kier alpha value is -2.23. The summed E-state index contributed by atoms with van der Waals surface area (Å²) in [5.74, 6) is 0.858. The van der Waals surface area contributed by atoms with Gasteiger partial charge >= 0.3 is 0 Å². The van der Waals surface area contributed by atoms with Crippen LogP contribution >= 0.6 is 0 Å². The van der Waals surface area contributed by atoms with Crippen LogP contribution in [0.2, 0.25) is 0 Å². The highest BCUT2D eigenvalue weighted by molar-refractivity contribution is 5.83. The van der Waals surface area contributed by atoms with Gasteiger partial charge in [0.25, 0.3) is 0 Å². The highest BCUT2D eigenvalue weighted by Gasteiger charge is 2.02. The van der Waals surface area contributed by atoms with Crippen LogP contribution in [0.5, 0.6) is 0 Å². The fraction of sp³-hybridized carbons (Fsp3) is 0.353. The number of nitrogens with zero attached hydrogens (tertiary/aromatic N) is 1. The lowest BCUT2D eigenvalue weighted by Crippen LogP contribution is -2.37. The second-order valence-electron chi connectivity index (χ2n) is 4.89. The first-order chi connectivity index (χ1) is 10.3. The van der Waals surface area contributed by atoms with E-state index in [1.807, 2.05) is 6.08 Å². The van der Waals surface area contributed by atoms with E-state index in [9.17, 15) is 0 Å². The molecule has 0 spiro atoms. The second kappa shape index (κ2) is 8.15. The molecule has 0 aliphatic rings. The predicted octanol–water partition coefficient (Wildman–Crippen LogP) is 2.84. The van der Waals surface area contributed by atoms with Gasteiger partial charge in [0.2, 0.25) is 0 Å². The molecule has 0 aliphatic heterocycles. The van der Waals surface area contributed by atoms with Crippen LogP contribution < -0.4 is 10.6 Å². The van der Waals surface area contributed by atoms with Crippen molar-refractivity contribution in [1.82, 2.24) is 15.6 Å². The molecule has 2 aromatic rings. The minimum atomic E-state index is 0.730. The summed E-state index contributed by atoms with van der Waals surface area (Å²) >= 11 is 0. The van der Waals surface area contributed by atoms with Gasteiger partial charge in [-0.15, -0.1) is 6.58 Å². The van der Waals surface area contributed by atoms with E-state index in [0.717, 1.165) is 38.4 Å². The van der Waals surface area contributed by atoms with E-state index in [-0.39, 0.29) is 0 Å². The predicted molar refractivity (Wildman–Crippen MR) is 90.8 cm³/mol. The van der Waals surface area contributed by atoms with Crippen molar-refractivity contribution in [2.75, 3.05) is 19.6 Å². The number of nitrogens with one attached hydrogen (secondary N) is 3. The van der Waals surface area contributed by atoms with E-state index in [1.165, 1.54) is 16.5 Å². The normalized spacial score (nSPS) is 11.6. The van der Waals surface area contributed by atoms with Gasteiger partial charge in [0, 0.05) is 36.7 Å². The monoisotopic (exact) mass is 284 g/mol. The summed E-state index contributed by atoms with van der Waals surface area (Å²) in [5.41, 5.74) is 2.57. The first-order valence-electron chi connectivity index (χ1n) is 7.53. The van der Waals surface area contributed by atoms with Crippen molar-refractivity contribution in [2.24, 2.45) is 4.99 Å². The van der Waals surface area contributed by atoms with Crippen molar-refractivity contribution >= 4 is 16.9 Å². The van der Waals surface area contributed by atoms with Gasteiger partial charge in [-0.05, 0) is 31.4 Å². The Balaban J connectivity index is 1.86. The maximum absolute atomic E-state index is 4.57. The molecule has 3 N–H and O–H groups in total. The van der Waals surface area contributed by atoms with Crippen molar-refractivity contribution in [1.29, 1.82) is 0 Å². The van der Waals surface area contributed by atoms with Crippen LogP contribution in [0.1, 0.15) is 18.9 Å². The van der Waals surface area contributed by atoms with Crippen LogP contribution in [0.15, 0.2) is 48.1 Å². The molecule has 1 aromatic heterocycles. The lowest BCUT2D eigenvalue weighted by Gasteiger charge is -2.09. The van der Waals surface area contributed by atoms with E-state index in [1.54, 1.807) is 0 Å². The first kappa shape index (κ1) is 15.2. The third-order valence-corrected chi connectivity index (χ3v) is 3.31. The Morgan fingerprint density at radius 3 is 3.00 bits per heavy atom. The molecule has 4 heteroatoms. The number of aromatic amines is 1. The van der Waals surface area contributed by atoms with Crippen LogP contribution in [0.4, 0.5) is 0 Å². The van der Waals surface area contributed by atoms with Gasteiger partial charge in [-0.3, -0.25) is 4.99 Å². The zero-order valence-electron chi connectivity index (χ0n) is 12.7. The van der Waals surface area contributed by atoms with Gasteiger partial charge in [-0.2, -0.15) is 0 Å². The standard InChI is InChI=1S/C17H24N4/c1-3-11-19-17(18-4-2)20-12-7-8-14-13-21-16-10-6-5-9-15(14)16/h3,5-6,9-10,13,21H,1,4,7-8,11-12H2,2H3,(H2,18,19,20). The lowest BCUT2D eigenvalue weighted by molar-refractivity contribution is 0.805. The molecule has 0 saturated heterocycles. The van der Waals surface area contributed by atoms with Crippen molar-refractivity contribution in [2.45, 2.75) is 19.8 Å². The number of hydrogen-bond donors (Lipinski definition) is 3. The molecule has 0 amide bonds. The number of aromatic nitrogens is 1. The largest absolute Gasteiger partial charge is 0.361 e. The Morgan fingerprint density at radius 1 is 1.33 bits per heavy atom. The minimum Gasteiger partial charge on any atom is -0.361 e. The summed E-state index contributed by atoms with van der Waals surface area (Å²) in [7, 11) is 0. The Bertz CT molecular complexity index is 598. The average molecular weight is 284 g/mol. The van der Waals surface area contributed by atoms with Crippen LogP contribution in [0, 0.1) is 0 Å². The molecule has 0 atom stereocenters. The summed E-state index contributed by atoms with van der Waals surface area (Å²) in [6.07, 6.45) is 6.01. The van der Waals surface area contributed by atoms with Gasteiger partial charge in [-0.1, -0.05) is 24.3 Å². The molecule has 0 saturated carbocycles. The molecule has 1 aromatic carbocycles. The van der Waals surface area contributed by atoms with E-state index >= 15 is 0 Å². The number of aryl methyl sites for hydroxylation is 1. The zero-order chi connectivity index (χ0) is 14.9. The summed E-state index contributed by atoms with van der Waals surface area (Å²) in [5, 5.41) is 7.75. The summed E-state index contributed by atoms with van der Waals surface area (Å²) < 4.78 is 0. The fourth-order valence-corrected chi connectivity index (χ4v) is 2.31. The first-order valence-corrected chi connectivity index (χ1v) is 7.53. The van der Waals surface area contributed by atoms with Crippen LogP contribution in [0.25, 0.3) is 10.9 Å². The maximum atomic E-state index is 4.57. The van der Waals surface area contributed by atoms with Gasteiger partial charge in [-0.25, -0.2) is 0 Å². The lowest BCUT2D eigenvalue weighted by atomic mass is 10.1. The fourth-order valence-electron chi connectivity index (χ4n) is 2.31. The highest BCUT2D eigenvalue weighted by Crippen LogP contribution is 2.18. The van der Waals surface area contributed by atoms with E-state index in [2.05, 4.69) is 64.6 Å². The van der Waals surface area contributed by atoms with Crippen molar-refractivity contribution in [3.63, 3.8) is 0 Å². The second-order valence-corrected chi connectivity index (χ2v) is 4.89. The molecule has 21 heavy (non-hydrogen) atoms. The minimum absolute atomic E-state index is 0.730. The number of H-pyrrole nitrogens is 1. The summed E-state index contributed by atoms with van der Waals surface area (Å²) in [6.45, 7) is 8.18. The number of aliphatic imine (C=N–C) groups is 1. The molecule has 0 fully saturated rings. The van der Waals surface area contributed by atoms with Crippen LogP contribution in [-0.2, 0) is 6.42 Å². The van der Waals surface area contributed by atoms with Crippen molar-refractivity contribution in [3.8, 4) is 0 Å². The van der Waals surface area contributed by atoms with E-state index in [4.69, 9.17) is 0 Å². The van der Waals surface area contributed by atoms with Crippen molar-refractivity contribution < 1.29 is 0 Å². The molecule has 0 bridgehead atoms. The van der Waals surface area contributed by atoms with Crippen LogP contribution in [0.3, 0.4) is 0 Å². The molecule has 1 heterocycles. The highest BCUT2D eigenvalue weighted by atomic mass is 15.2. The number of rotatable bonds is 7. The van der Waals surface area contributed by atoms with Crippen LogP contribution in [-0.4, -0.2) is 30.6 Å². The maximum Gasteiger partial charge on any atom is 0.191 e. The quantitative estimate of drug-likeness (QED) is 0.317. The van der Waals surface area contributed by atoms with E-state index in [0.29, 0.717) is 0 Å². The van der Waals surface area contributed by atoms with Gasteiger partial charge in [0.05, 0.1) is 0 Å². The van der Waals surface area contributed by atoms with Gasteiger partial charge in [0.15, 0.2) is 5.96 Å². The molecule has 112 valence electrons. The number of hydrogen-bond acceptors (Lipinski definition) is 1. The smallest absolute Gasteiger partial charge is 0.191 e. The number of fused-ring (bicyclic) bond motifs is 1.